The molecule has 1 aliphatic carbocycles. The van der Waals surface area contributed by atoms with Crippen molar-refractivity contribution in [3.63, 3.8) is 0 Å². The number of nitriles is 1. The van der Waals surface area contributed by atoms with Crippen molar-refractivity contribution in [1.82, 2.24) is 30.1 Å². The highest BCUT2D eigenvalue weighted by atomic mass is 16.2. The number of hydrogen-bond donors (Lipinski definition) is 1. The molecule has 0 spiro atoms. The number of hydrogen-bond acceptors (Lipinski definition) is 8. The lowest BCUT2D eigenvalue weighted by molar-refractivity contribution is 0.0940. The minimum atomic E-state index is -0.212. The molecular weight excluding hydrogens is 499 g/mol. The minimum Gasteiger partial charge on any atom is -0.306 e. The molecule has 2 saturated heterocycles. The fourth-order valence-corrected chi connectivity index (χ4v) is 6.22. The molecule has 1 aromatic carbocycles. The molecule has 2 aromatic rings. The molecule has 10 heteroatoms. The van der Waals surface area contributed by atoms with Gasteiger partial charge in [-0.3, -0.25) is 20.1 Å². The quantitative estimate of drug-likeness (QED) is 0.402. The van der Waals surface area contributed by atoms with Crippen molar-refractivity contribution in [2.75, 3.05) is 57.9 Å². The lowest BCUT2D eigenvalue weighted by atomic mass is 9.93. The van der Waals surface area contributed by atoms with Crippen molar-refractivity contribution in [3.05, 3.63) is 47.4 Å². The highest BCUT2D eigenvalue weighted by Crippen LogP contribution is 2.25. The fourth-order valence-electron chi connectivity index (χ4n) is 6.22. The normalized spacial score (nSPS) is 20.2. The third-order valence-electron chi connectivity index (χ3n) is 8.73. The van der Waals surface area contributed by atoms with Crippen LogP contribution in [0, 0.1) is 17.2 Å². The van der Waals surface area contributed by atoms with E-state index in [1.54, 1.807) is 5.01 Å². The maximum atomic E-state index is 13.3. The fraction of sp³-hybridized carbons (Fsp3) is 0.600. The number of nitrogens with zero attached hydrogens (tertiary/aromatic N) is 7. The van der Waals surface area contributed by atoms with Crippen LogP contribution in [-0.2, 0) is 6.54 Å². The zero-order chi connectivity index (χ0) is 27.9. The molecule has 1 amide bonds. The summed E-state index contributed by atoms with van der Waals surface area (Å²) in [5.41, 5.74) is 5.18. The SMILES string of the molecule is [B]c1cnc(C#N)nc1N(NC(=O)c1ccc(CN2CCN(CC3CCN(C)CC3)CC2)cc1)C1CCCCC1. The van der Waals surface area contributed by atoms with E-state index >= 15 is 0 Å². The van der Waals surface area contributed by atoms with Gasteiger partial charge in [0.2, 0.25) is 5.82 Å². The summed E-state index contributed by atoms with van der Waals surface area (Å²) in [5.74, 6) is 1.05. The van der Waals surface area contributed by atoms with Gasteiger partial charge in [-0.05, 0) is 74.9 Å². The van der Waals surface area contributed by atoms with E-state index in [2.05, 4.69) is 49.3 Å². The van der Waals surface area contributed by atoms with Crippen molar-refractivity contribution >= 4 is 25.0 Å². The number of carbonyl (C=O) groups is 1. The van der Waals surface area contributed by atoms with E-state index < -0.39 is 0 Å². The van der Waals surface area contributed by atoms with Crippen LogP contribution < -0.4 is 15.9 Å². The van der Waals surface area contributed by atoms with E-state index in [4.69, 9.17) is 7.85 Å². The molecule has 0 atom stereocenters. The highest BCUT2D eigenvalue weighted by Gasteiger charge is 2.27. The Labute approximate surface area is 239 Å². The first-order valence-electron chi connectivity index (χ1n) is 14.8. The number of likely N-dealkylation sites (tertiary alicyclic amines) is 1. The summed E-state index contributed by atoms with van der Waals surface area (Å²) < 4.78 is 0. The predicted molar refractivity (Wildman–Crippen MR) is 157 cm³/mol. The van der Waals surface area contributed by atoms with Crippen molar-refractivity contribution in [2.45, 2.75) is 57.5 Å². The minimum absolute atomic E-state index is 0.0336. The molecule has 40 heavy (non-hydrogen) atoms. The number of nitrogens with one attached hydrogen (secondary N) is 1. The molecule has 2 aliphatic heterocycles. The number of rotatable bonds is 8. The lowest BCUT2D eigenvalue weighted by Crippen LogP contribution is -2.52. The van der Waals surface area contributed by atoms with Gasteiger partial charge in [-0.1, -0.05) is 31.4 Å². The second-order valence-electron chi connectivity index (χ2n) is 11.7. The van der Waals surface area contributed by atoms with E-state index in [9.17, 15) is 10.1 Å². The second kappa shape index (κ2) is 13.6. The zero-order valence-corrected chi connectivity index (χ0v) is 23.8. The topological polar surface area (TPSA) is 91.6 Å². The smallest absolute Gasteiger partial charge is 0.269 e. The van der Waals surface area contributed by atoms with Gasteiger partial charge in [0.05, 0.1) is 6.04 Å². The summed E-state index contributed by atoms with van der Waals surface area (Å²) >= 11 is 0. The van der Waals surface area contributed by atoms with Crippen LogP contribution in [0.4, 0.5) is 5.82 Å². The monoisotopic (exact) mass is 540 g/mol. The number of hydrazine groups is 1. The average molecular weight is 541 g/mol. The molecule has 5 rings (SSSR count). The third-order valence-corrected chi connectivity index (χ3v) is 8.73. The predicted octanol–water partition coefficient (Wildman–Crippen LogP) is 2.09. The Morgan fingerprint density at radius 3 is 2.38 bits per heavy atom. The Morgan fingerprint density at radius 1 is 1.02 bits per heavy atom. The number of benzene rings is 1. The lowest BCUT2D eigenvalue weighted by Gasteiger charge is -2.38. The van der Waals surface area contributed by atoms with Gasteiger partial charge in [0.1, 0.15) is 19.7 Å². The summed E-state index contributed by atoms with van der Waals surface area (Å²) in [6, 6.07) is 9.93. The molecule has 3 aliphatic rings. The number of piperazine rings is 1. The Balaban J connectivity index is 1.16. The summed E-state index contributed by atoms with van der Waals surface area (Å²) in [4.78, 5) is 29.2. The van der Waals surface area contributed by atoms with Crippen molar-refractivity contribution in [2.24, 2.45) is 5.92 Å². The van der Waals surface area contributed by atoms with Crippen LogP contribution in [0.2, 0.25) is 0 Å². The molecule has 9 nitrogen and oxygen atoms in total. The largest absolute Gasteiger partial charge is 0.306 e. The number of carbonyl (C=O) groups excluding carboxylic acids is 1. The van der Waals surface area contributed by atoms with Gasteiger partial charge in [-0.2, -0.15) is 5.26 Å². The molecular formula is C30H41BN8O. The summed E-state index contributed by atoms with van der Waals surface area (Å²) in [6.45, 7) is 9.01. The maximum absolute atomic E-state index is 13.3. The number of piperidine rings is 1. The number of anilines is 1. The molecule has 210 valence electrons. The Bertz CT molecular complexity index is 1160. The van der Waals surface area contributed by atoms with Crippen LogP contribution in [0.1, 0.15) is 66.7 Å². The average Bonchev–Trinajstić information content (AvgIpc) is 2.99. The van der Waals surface area contributed by atoms with Crippen LogP contribution in [0.3, 0.4) is 0 Å². The molecule has 1 aromatic heterocycles. The van der Waals surface area contributed by atoms with Gasteiger partial charge >= 0.3 is 0 Å². The first kappa shape index (κ1) is 28.5. The van der Waals surface area contributed by atoms with Gasteiger partial charge < -0.3 is 9.80 Å². The van der Waals surface area contributed by atoms with E-state index in [1.165, 1.54) is 50.7 Å². The van der Waals surface area contributed by atoms with E-state index in [0.29, 0.717) is 16.8 Å². The summed E-state index contributed by atoms with van der Waals surface area (Å²) in [7, 11) is 8.42. The van der Waals surface area contributed by atoms with Gasteiger partial charge in [-0.15, -0.1) is 0 Å². The Kier molecular flexibility index (Phi) is 9.68. The maximum Gasteiger partial charge on any atom is 0.269 e. The number of aromatic nitrogens is 2. The Morgan fingerprint density at radius 2 is 1.70 bits per heavy atom. The van der Waals surface area contributed by atoms with Crippen LogP contribution >= 0.6 is 0 Å². The van der Waals surface area contributed by atoms with Crippen molar-refractivity contribution in [1.29, 1.82) is 5.26 Å². The van der Waals surface area contributed by atoms with Gasteiger partial charge in [0, 0.05) is 51.0 Å². The van der Waals surface area contributed by atoms with Crippen molar-refractivity contribution < 1.29 is 4.79 Å². The summed E-state index contributed by atoms with van der Waals surface area (Å²) in [5, 5.41) is 11.1. The molecule has 3 fully saturated rings. The van der Waals surface area contributed by atoms with E-state index in [0.717, 1.165) is 64.3 Å². The van der Waals surface area contributed by atoms with E-state index in [-0.39, 0.29) is 17.8 Å². The van der Waals surface area contributed by atoms with Gasteiger partial charge in [0.15, 0.2) is 0 Å². The summed E-state index contributed by atoms with van der Waals surface area (Å²) in [6.07, 6.45) is 9.26. The van der Waals surface area contributed by atoms with Crippen molar-refractivity contribution in [3.8, 4) is 6.07 Å². The van der Waals surface area contributed by atoms with E-state index in [1.807, 2.05) is 18.2 Å². The molecule has 3 heterocycles. The van der Waals surface area contributed by atoms with Gasteiger partial charge in [-0.25, -0.2) is 9.97 Å². The molecule has 0 unspecified atom stereocenters. The molecule has 0 bridgehead atoms. The molecule has 1 saturated carbocycles. The third kappa shape index (κ3) is 7.39. The van der Waals surface area contributed by atoms with Gasteiger partial charge in [0.25, 0.3) is 5.91 Å². The van der Waals surface area contributed by atoms with Crippen LogP contribution in [0.15, 0.2) is 30.5 Å². The van der Waals surface area contributed by atoms with Crippen LogP contribution in [0.5, 0.6) is 0 Å². The highest BCUT2D eigenvalue weighted by molar-refractivity contribution is 6.35. The second-order valence-corrected chi connectivity index (χ2v) is 11.7. The standard InChI is InChI=1S/C30H41BN8O/c1-36-13-11-24(12-14-36)22-38-17-15-37(16-18-38)21-23-7-9-25(10-8-23)30(40)35-39(26-5-3-2-4-6-26)29-27(31)20-33-28(19-32)34-29/h7-10,20,24,26H,2-6,11-18,21-22H2,1H3,(H,35,40). The molecule has 1 N–H and O–H groups in total. The number of amides is 1. The zero-order valence-electron chi connectivity index (χ0n) is 23.8. The Hall–Kier alpha value is -3.00. The first-order valence-corrected chi connectivity index (χ1v) is 14.8. The van der Waals surface area contributed by atoms with Crippen LogP contribution in [-0.4, -0.2) is 97.3 Å². The van der Waals surface area contributed by atoms with Crippen LogP contribution in [0.25, 0.3) is 0 Å². The first-order chi connectivity index (χ1) is 19.5. The molecule has 2 radical (unpaired) electrons.